The van der Waals surface area contributed by atoms with Crippen molar-refractivity contribution in [3.05, 3.63) is 72.6 Å². The second-order valence-electron chi connectivity index (χ2n) is 7.93. The fraction of sp³-hybridized carbons (Fsp3) is 0.292. The zero-order chi connectivity index (χ0) is 20.5. The smallest absolute Gasteiger partial charge is 0.273 e. The maximum Gasteiger partial charge on any atom is 0.273 e. The monoisotopic (exact) mass is 401 g/mol. The summed E-state index contributed by atoms with van der Waals surface area (Å²) in [7, 11) is 0. The van der Waals surface area contributed by atoms with Gasteiger partial charge in [-0.25, -0.2) is 0 Å². The molecule has 1 aromatic heterocycles. The van der Waals surface area contributed by atoms with Gasteiger partial charge < -0.3 is 15.0 Å². The molecule has 1 aliphatic heterocycles. The Morgan fingerprint density at radius 2 is 1.77 bits per heavy atom. The minimum Gasteiger partial charge on any atom is -0.488 e. The highest BCUT2D eigenvalue weighted by Gasteiger charge is 2.43. The molecule has 6 heteroatoms. The van der Waals surface area contributed by atoms with Gasteiger partial charge >= 0.3 is 0 Å². The van der Waals surface area contributed by atoms with Crippen LogP contribution in [0, 0.1) is 0 Å². The van der Waals surface area contributed by atoms with Gasteiger partial charge in [0.25, 0.3) is 5.91 Å². The summed E-state index contributed by atoms with van der Waals surface area (Å²) < 4.78 is 6.09. The third-order valence-electron chi connectivity index (χ3n) is 5.67. The van der Waals surface area contributed by atoms with Gasteiger partial charge in [0.1, 0.15) is 23.6 Å². The van der Waals surface area contributed by atoms with Crippen LogP contribution >= 0.6 is 0 Å². The van der Waals surface area contributed by atoms with E-state index in [9.17, 15) is 9.59 Å². The van der Waals surface area contributed by atoms with Crippen molar-refractivity contribution in [2.45, 2.75) is 37.5 Å². The highest BCUT2D eigenvalue weighted by Crippen LogP contribution is 2.28. The fourth-order valence-electron chi connectivity index (χ4n) is 4.00. The topological polar surface area (TPSA) is 71.5 Å². The number of nitrogens with one attached hydrogen (secondary N) is 1. The molecular formula is C24H23N3O3. The lowest BCUT2D eigenvalue weighted by atomic mass is 10.1. The summed E-state index contributed by atoms with van der Waals surface area (Å²) in [5.41, 5.74) is 0.373. The summed E-state index contributed by atoms with van der Waals surface area (Å²) in [6.07, 6.45) is 3.86. The summed E-state index contributed by atoms with van der Waals surface area (Å²) in [6.45, 7) is 0.349. The van der Waals surface area contributed by atoms with Gasteiger partial charge in [-0.3, -0.25) is 14.6 Å². The number of aromatic nitrogens is 1. The van der Waals surface area contributed by atoms with Crippen molar-refractivity contribution in [2.75, 3.05) is 6.54 Å². The molecule has 1 saturated heterocycles. The van der Waals surface area contributed by atoms with E-state index in [1.165, 1.54) is 0 Å². The zero-order valence-electron chi connectivity index (χ0n) is 16.5. The largest absolute Gasteiger partial charge is 0.488 e. The molecular weight excluding hydrogens is 378 g/mol. The SMILES string of the molecule is O=C(NC1CC1)[C@@H]1C[C@H](Oc2ccccc2)CN1C(=O)c1nccc2ccccc12. The molecule has 152 valence electrons. The molecule has 1 N–H and O–H groups in total. The maximum absolute atomic E-state index is 13.5. The highest BCUT2D eigenvalue weighted by atomic mass is 16.5. The molecule has 0 bridgehead atoms. The quantitative estimate of drug-likeness (QED) is 0.713. The molecule has 2 fully saturated rings. The van der Waals surface area contributed by atoms with Crippen LogP contribution in [0.5, 0.6) is 5.75 Å². The summed E-state index contributed by atoms with van der Waals surface area (Å²) in [4.78, 5) is 32.4. The Morgan fingerprint density at radius 3 is 2.57 bits per heavy atom. The number of hydrogen-bond acceptors (Lipinski definition) is 4. The van der Waals surface area contributed by atoms with Crippen molar-refractivity contribution in [1.82, 2.24) is 15.2 Å². The molecule has 5 rings (SSSR count). The molecule has 0 unspecified atom stereocenters. The summed E-state index contributed by atoms with van der Waals surface area (Å²) in [5, 5.41) is 4.79. The van der Waals surface area contributed by atoms with Gasteiger partial charge in [0.2, 0.25) is 5.91 Å². The highest BCUT2D eigenvalue weighted by molar-refractivity contribution is 6.06. The van der Waals surface area contributed by atoms with Crippen LogP contribution in [0.15, 0.2) is 66.9 Å². The van der Waals surface area contributed by atoms with E-state index in [1.54, 1.807) is 11.1 Å². The van der Waals surface area contributed by atoms with Crippen LogP contribution in [0.3, 0.4) is 0 Å². The number of carbonyl (C=O) groups is 2. The van der Waals surface area contributed by atoms with Gasteiger partial charge in [0, 0.05) is 24.0 Å². The van der Waals surface area contributed by atoms with Gasteiger partial charge in [-0.05, 0) is 36.4 Å². The lowest BCUT2D eigenvalue weighted by Gasteiger charge is -2.23. The van der Waals surface area contributed by atoms with Gasteiger partial charge in [0.05, 0.1) is 6.54 Å². The Bertz CT molecular complexity index is 1080. The van der Waals surface area contributed by atoms with Gasteiger partial charge in [0.15, 0.2) is 0 Å². The number of para-hydroxylation sites is 1. The number of pyridine rings is 1. The van der Waals surface area contributed by atoms with E-state index in [-0.39, 0.29) is 24.0 Å². The van der Waals surface area contributed by atoms with Gasteiger partial charge in [-0.15, -0.1) is 0 Å². The van der Waals surface area contributed by atoms with E-state index in [0.717, 1.165) is 29.4 Å². The first-order valence-corrected chi connectivity index (χ1v) is 10.4. The van der Waals surface area contributed by atoms with E-state index >= 15 is 0 Å². The lowest BCUT2D eigenvalue weighted by molar-refractivity contribution is -0.125. The minimum atomic E-state index is -0.562. The number of hydrogen-bond donors (Lipinski definition) is 1. The van der Waals surface area contributed by atoms with Crippen LogP contribution in [0.25, 0.3) is 10.8 Å². The Hall–Kier alpha value is -3.41. The van der Waals surface area contributed by atoms with Crippen LogP contribution in [-0.4, -0.2) is 46.4 Å². The second kappa shape index (κ2) is 7.78. The first-order valence-electron chi connectivity index (χ1n) is 10.4. The molecule has 2 heterocycles. The summed E-state index contributed by atoms with van der Waals surface area (Å²) >= 11 is 0. The number of benzene rings is 2. The standard InChI is InChI=1S/C24H23N3O3/c28-23(26-17-10-11-17)21-14-19(30-18-7-2-1-3-8-18)15-27(21)24(29)22-20-9-5-4-6-16(20)12-13-25-22/h1-9,12-13,17,19,21H,10-11,14-15H2,(H,26,28)/t19-,21-/m0/s1. The lowest BCUT2D eigenvalue weighted by Crippen LogP contribution is -2.46. The summed E-state index contributed by atoms with van der Waals surface area (Å²) in [5.74, 6) is 0.397. The predicted octanol–water partition coefficient (Wildman–Crippen LogP) is 3.18. The van der Waals surface area contributed by atoms with E-state index in [4.69, 9.17) is 4.74 Å². The number of amides is 2. The summed E-state index contributed by atoms with van der Waals surface area (Å²) in [6, 6.07) is 18.7. The second-order valence-corrected chi connectivity index (χ2v) is 7.93. The molecule has 6 nitrogen and oxygen atoms in total. The Morgan fingerprint density at radius 1 is 1.00 bits per heavy atom. The van der Waals surface area contributed by atoms with E-state index in [0.29, 0.717) is 18.7 Å². The molecule has 0 radical (unpaired) electrons. The number of ether oxygens (including phenoxy) is 1. The molecule has 3 aromatic rings. The Labute approximate surface area is 174 Å². The van der Waals surface area contributed by atoms with Crippen molar-refractivity contribution in [1.29, 1.82) is 0 Å². The number of likely N-dealkylation sites (tertiary alicyclic amines) is 1. The average Bonchev–Trinajstić information content (AvgIpc) is 3.49. The molecule has 30 heavy (non-hydrogen) atoms. The third kappa shape index (κ3) is 3.73. The van der Waals surface area contributed by atoms with Crippen molar-refractivity contribution in [3.63, 3.8) is 0 Å². The van der Waals surface area contributed by atoms with E-state index in [2.05, 4.69) is 10.3 Å². The van der Waals surface area contributed by atoms with Crippen molar-refractivity contribution < 1.29 is 14.3 Å². The number of carbonyl (C=O) groups excluding carboxylic acids is 2. The molecule has 2 aromatic carbocycles. The minimum absolute atomic E-state index is 0.106. The third-order valence-corrected chi connectivity index (χ3v) is 5.67. The molecule has 1 aliphatic carbocycles. The first-order chi connectivity index (χ1) is 14.7. The Balaban J connectivity index is 1.43. The molecule has 2 amide bonds. The molecule has 2 atom stereocenters. The molecule has 0 spiro atoms. The van der Waals surface area contributed by atoms with Crippen LogP contribution < -0.4 is 10.1 Å². The van der Waals surface area contributed by atoms with Crippen LogP contribution in [0.2, 0.25) is 0 Å². The van der Waals surface area contributed by atoms with Gasteiger partial charge in [-0.2, -0.15) is 0 Å². The van der Waals surface area contributed by atoms with Gasteiger partial charge in [-0.1, -0.05) is 42.5 Å². The van der Waals surface area contributed by atoms with Crippen molar-refractivity contribution >= 4 is 22.6 Å². The Kier molecular flexibility index (Phi) is 4.83. The molecule has 1 saturated carbocycles. The first kappa shape index (κ1) is 18.6. The normalized spacial score (nSPS) is 20.9. The average molecular weight is 401 g/mol. The van der Waals surface area contributed by atoms with E-state index < -0.39 is 6.04 Å². The fourth-order valence-corrected chi connectivity index (χ4v) is 4.00. The van der Waals surface area contributed by atoms with E-state index in [1.807, 2.05) is 60.7 Å². The van der Waals surface area contributed by atoms with Crippen LogP contribution in [0.4, 0.5) is 0 Å². The number of nitrogens with zero attached hydrogens (tertiary/aromatic N) is 2. The van der Waals surface area contributed by atoms with Crippen LogP contribution in [-0.2, 0) is 4.79 Å². The van der Waals surface area contributed by atoms with Crippen molar-refractivity contribution in [2.24, 2.45) is 0 Å². The zero-order valence-corrected chi connectivity index (χ0v) is 16.5. The number of fused-ring (bicyclic) bond motifs is 1. The van der Waals surface area contributed by atoms with Crippen molar-refractivity contribution in [3.8, 4) is 5.75 Å². The number of rotatable bonds is 5. The van der Waals surface area contributed by atoms with Crippen LogP contribution in [0.1, 0.15) is 29.8 Å². The predicted molar refractivity (Wildman–Crippen MR) is 113 cm³/mol. The maximum atomic E-state index is 13.5. The molecule has 2 aliphatic rings.